The van der Waals surface area contributed by atoms with Crippen LogP contribution in [-0.2, 0) is 28.7 Å². The van der Waals surface area contributed by atoms with E-state index in [1.54, 1.807) is 6.92 Å². The van der Waals surface area contributed by atoms with Crippen LogP contribution in [0.15, 0.2) is 0 Å². The molecule has 3 amide bonds. The van der Waals surface area contributed by atoms with Crippen LogP contribution in [0, 0.1) is 0 Å². The molecule has 0 fully saturated rings. The lowest BCUT2D eigenvalue weighted by atomic mass is 10.1. The van der Waals surface area contributed by atoms with Crippen molar-refractivity contribution in [1.29, 1.82) is 0 Å². The molecule has 0 aromatic carbocycles. The van der Waals surface area contributed by atoms with Crippen molar-refractivity contribution >= 4 is 29.3 Å². The van der Waals surface area contributed by atoms with Crippen LogP contribution in [0.25, 0.3) is 0 Å². The van der Waals surface area contributed by atoms with Gasteiger partial charge in [0, 0.05) is 19.7 Å². The number of nitrogens with one attached hydrogen (secondary N) is 3. The van der Waals surface area contributed by atoms with Gasteiger partial charge >= 0.3 is 0 Å². The second-order valence-corrected chi connectivity index (χ2v) is 6.73. The number of carbonyl (C=O) groups excluding carboxylic acids is 5. The molecule has 1 unspecified atom stereocenters. The Morgan fingerprint density at radius 2 is 1.48 bits per heavy atom. The largest absolute Gasteiger partial charge is 0.380 e. The summed E-state index contributed by atoms with van der Waals surface area (Å²) >= 11 is 0. The highest BCUT2D eigenvalue weighted by atomic mass is 16.5. The van der Waals surface area contributed by atoms with Crippen molar-refractivity contribution in [3.05, 3.63) is 0 Å². The van der Waals surface area contributed by atoms with Gasteiger partial charge in [-0.25, -0.2) is 0 Å². The zero-order valence-corrected chi connectivity index (χ0v) is 17.8. The Kier molecular flexibility index (Phi) is 14.3. The normalized spacial score (nSPS) is 11.6. The van der Waals surface area contributed by atoms with E-state index in [-0.39, 0.29) is 37.6 Å². The third kappa shape index (κ3) is 14.3. The summed E-state index contributed by atoms with van der Waals surface area (Å²) in [6.07, 6.45) is 0.647. The zero-order valence-electron chi connectivity index (χ0n) is 17.8. The van der Waals surface area contributed by atoms with E-state index in [0.717, 1.165) is 6.42 Å². The first kappa shape index (κ1) is 26.7. The Labute approximate surface area is 172 Å². The minimum absolute atomic E-state index is 0.0585. The SMILES string of the molecule is CCCOCCNC(=O)CC(NC(=O)CN(CC(C)=O)CC(C)=O)C(=O)NCC. The number of ketones is 2. The van der Waals surface area contributed by atoms with Gasteiger partial charge in [-0.1, -0.05) is 6.92 Å². The van der Waals surface area contributed by atoms with Gasteiger partial charge in [0.15, 0.2) is 0 Å². The summed E-state index contributed by atoms with van der Waals surface area (Å²) in [4.78, 5) is 60.7. The number of Topliss-reactive ketones (excluding diaryl/α,β-unsaturated/α-hetero) is 2. The van der Waals surface area contributed by atoms with Crippen LogP contribution in [0.5, 0.6) is 0 Å². The summed E-state index contributed by atoms with van der Waals surface area (Å²) in [5.74, 6) is -1.82. The predicted octanol–water partition coefficient (Wildman–Crippen LogP) is -0.980. The molecule has 3 N–H and O–H groups in total. The summed E-state index contributed by atoms with van der Waals surface area (Å²) in [6, 6.07) is -1.06. The summed E-state index contributed by atoms with van der Waals surface area (Å²) in [7, 11) is 0. The van der Waals surface area contributed by atoms with Gasteiger partial charge in [0.05, 0.1) is 32.7 Å². The minimum atomic E-state index is -1.06. The van der Waals surface area contributed by atoms with E-state index in [2.05, 4.69) is 16.0 Å². The molecule has 0 aliphatic carbocycles. The van der Waals surface area contributed by atoms with E-state index in [1.807, 2.05) is 6.92 Å². The summed E-state index contributed by atoms with van der Waals surface area (Å²) in [5, 5.41) is 7.73. The quantitative estimate of drug-likeness (QED) is 0.276. The summed E-state index contributed by atoms with van der Waals surface area (Å²) < 4.78 is 5.27. The van der Waals surface area contributed by atoms with Crippen molar-refractivity contribution < 1.29 is 28.7 Å². The topological polar surface area (TPSA) is 134 Å². The molecule has 0 bridgehead atoms. The molecule has 0 aliphatic rings. The minimum Gasteiger partial charge on any atom is -0.380 e. The first-order valence-electron chi connectivity index (χ1n) is 9.82. The number of rotatable bonds is 16. The summed E-state index contributed by atoms with van der Waals surface area (Å²) in [6.45, 7) is 7.69. The van der Waals surface area contributed by atoms with Crippen molar-refractivity contribution in [2.75, 3.05) is 45.9 Å². The molecule has 0 aromatic rings. The molecule has 0 aromatic heterocycles. The van der Waals surface area contributed by atoms with Gasteiger partial charge in [-0.2, -0.15) is 0 Å². The lowest BCUT2D eigenvalue weighted by molar-refractivity contribution is -0.132. The van der Waals surface area contributed by atoms with Crippen molar-refractivity contribution in [3.8, 4) is 0 Å². The molecule has 29 heavy (non-hydrogen) atoms. The molecule has 0 aliphatic heterocycles. The van der Waals surface area contributed by atoms with Crippen LogP contribution >= 0.6 is 0 Å². The third-order valence-electron chi connectivity index (χ3n) is 3.57. The fourth-order valence-electron chi connectivity index (χ4n) is 2.51. The number of hydrogen-bond acceptors (Lipinski definition) is 7. The Balaban J connectivity index is 4.79. The van der Waals surface area contributed by atoms with Gasteiger partial charge < -0.3 is 20.7 Å². The van der Waals surface area contributed by atoms with Crippen LogP contribution in [0.1, 0.15) is 40.5 Å². The van der Waals surface area contributed by atoms with E-state index in [0.29, 0.717) is 26.3 Å². The molecule has 10 nitrogen and oxygen atoms in total. The molecule has 1 atom stereocenters. The first-order valence-corrected chi connectivity index (χ1v) is 9.82. The fraction of sp³-hybridized carbons (Fsp3) is 0.737. The smallest absolute Gasteiger partial charge is 0.243 e. The van der Waals surface area contributed by atoms with Crippen molar-refractivity contribution in [2.24, 2.45) is 0 Å². The van der Waals surface area contributed by atoms with E-state index in [4.69, 9.17) is 4.74 Å². The second kappa shape index (κ2) is 15.6. The van der Waals surface area contributed by atoms with Gasteiger partial charge in [-0.15, -0.1) is 0 Å². The third-order valence-corrected chi connectivity index (χ3v) is 3.57. The molecule has 0 saturated heterocycles. The maximum absolute atomic E-state index is 12.3. The van der Waals surface area contributed by atoms with Gasteiger partial charge in [0.1, 0.15) is 17.6 Å². The molecule has 0 radical (unpaired) electrons. The highest BCUT2D eigenvalue weighted by Gasteiger charge is 2.24. The van der Waals surface area contributed by atoms with Crippen molar-refractivity contribution in [3.63, 3.8) is 0 Å². The lowest BCUT2D eigenvalue weighted by Crippen LogP contribution is -2.52. The Bertz CT molecular complexity index is 551. The van der Waals surface area contributed by atoms with Crippen LogP contribution in [0.4, 0.5) is 0 Å². The van der Waals surface area contributed by atoms with Gasteiger partial charge in [0.2, 0.25) is 17.7 Å². The average molecular weight is 415 g/mol. The Morgan fingerprint density at radius 1 is 0.862 bits per heavy atom. The highest BCUT2D eigenvalue weighted by Crippen LogP contribution is 1.96. The van der Waals surface area contributed by atoms with E-state index >= 15 is 0 Å². The monoisotopic (exact) mass is 414 g/mol. The molecule has 0 spiro atoms. The van der Waals surface area contributed by atoms with E-state index in [1.165, 1.54) is 18.7 Å². The molecule has 10 heteroatoms. The van der Waals surface area contributed by atoms with Gasteiger partial charge in [-0.05, 0) is 27.2 Å². The van der Waals surface area contributed by atoms with E-state index in [9.17, 15) is 24.0 Å². The van der Waals surface area contributed by atoms with Crippen LogP contribution in [0.3, 0.4) is 0 Å². The van der Waals surface area contributed by atoms with E-state index < -0.39 is 23.8 Å². The Morgan fingerprint density at radius 3 is 2.00 bits per heavy atom. The van der Waals surface area contributed by atoms with Crippen LogP contribution in [0.2, 0.25) is 0 Å². The molecule has 0 rings (SSSR count). The first-order chi connectivity index (χ1) is 13.7. The lowest BCUT2D eigenvalue weighted by Gasteiger charge is -2.22. The number of nitrogens with zero attached hydrogens (tertiary/aromatic N) is 1. The van der Waals surface area contributed by atoms with Crippen molar-refractivity contribution in [2.45, 2.75) is 46.6 Å². The molecule has 0 saturated carbocycles. The molecular weight excluding hydrogens is 380 g/mol. The number of carbonyl (C=O) groups is 5. The maximum Gasteiger partial charge on any atom is 0.243 e. The molecule has 166 valence electrons. The van der Waals surface area contributed by atoms with Crippen LogP contribution in [-0.4, -0.2) is 86.2 Å². The number of hydrogen-bond donors (Lipinski definition) is 3. The zero-order chi connectivity index (χ0) is 22.2. The molecular formula is C19H34N4O6. The Hall–Kier alpha value is -2.33. The summed E-state index contributed by atoms with van der Waals surface area (Å²) in [5.41, 5.74) is 0. The highest BCUT2D eigenvalue weighted by molar-refractivity contribution is 5.92. The average Bonchev–Trinajstić information content (AvgIpc) is 2.59. The predicted molar refractivity (Wildman–Crippen MR) is 107 cm³/mol. The second-order valence-electron chi connectivity index (χ2n) is 6.73. The maximum atomic E-state index is 12.3. The van der Waals surface area contributed by atoms with Gasteiger partial charge in [0.25, 0.3) is 0 Å². The van der Waals surface area contributed by atoms with Crippen LogP contribution < -0.4 is 16.0 Å². The van der Waals surface area contributed by atoms with Gasteiger partial charge in [-0.3, -0.25) is 28.9 Å². The number of ether oxygens (including phenoxy) is 1. The standard InChI is InChI=1S/C19H34N4O6/c1-5-8-29-9-7-21-17(26)10-16(19(28)20-6-2)22-18(27)13-23(11-14(3)24)12-15(4)25/h16H,5-13H2,1-4H3,(H,20,28)(H,21,26)(H,22,27). The van der Waals surface area contributed by atoms with Crippen molar-refractivity contribution in [1.82, 2.24) is 20.9 Å². The molecule has 0 heterocycles. The number of likely N-dealkylation sites (N-methyl/N-ethyl adjacent to an activating group) is 1. The number of amides is 3. The fourth-order valence-corrected chi connectivity index (χ4v) is 2.51.